The highest BCUT2D eigenvalue weighted by atomic mass is 16.5. The predicted molar refractivity (Wildman–Crippen MR) is 80.4 cm³/mol. The molecule has 0 fully saturated rings. The summed E-state index contributed by atoms with van der Waals surface area (Å²) in [6.45, 7) is 8.78. The lowest BCUT2D eigenvalue weighted by Crippen LogP contribution is -2.22. The standard InChI is InChI=1S/C16H24N2O/c1-16(2,3)19-10-9-18-14(12-17-4)11-13-7-5-6-8-15(13)18/h5-8,11,17H,9-10,12H2,1-4H3. The van der Waals surface area contributed by atoms with E-state index in [1.54, 1.807) is 0 Å². The number of para-hydroxylation sites is 1. The Kier molecular flexibility index (Phi) is 4.27. The number of hydrogen-bond donors (Lipinski definition) is 1. The molecule has 19 heavy (non-hydrogen) atoms. The van der Waals surface area contributed by atoms with Crippen molar-refractivity contribution >= 4 is 10.9 Å². The van der Waals surface area contributed by atoms with Crippen LogP contribution in [-0.2, 0) is 17.8 Å². The monoisotopic (exact) mass is 260 g/mol. The smallest absolute Gasteiger partial charge is 0.0652 e. The molecule has 0 atom stereocenters. The van der Waals surface area contributed by atoms with Gasteiger partial charge in [0, 0.05) is 24.3 Å². The van der Waals surface area contributed by atoms with Gasteiger partial charge in [0.05, 0.1) is 12.2 Å². The molecule has 0 spiro atoms. The molecular formula is C16H24N2O. The van der Waals surface area contributed by atoms with E-state index in [9.17, 15) is 0 Å². The van der Waals surface area contributed by atoms with Gasteiger partial charge in [0.25, 0.3) is 0 Å². The minimum Gasteiger partial charge on any atom is -0.374 e. The average molecular weight is 260 g/mol. The fraction of sp³-hybridized carbons (Fsp3) is 0.500. The van der Waals surface area contributed by atoms with Crippen molar-refractivity contribution in [3.05, 3.63) is 36.0 Å². The molecule has 104 valence electrons. The molecule has 0 amide bonds. The quantitative estimate of drug-likeness (QED) is 0.893. The number of benzene rings is 1. The maximum absolute atomic E-state index is 5.84. The number of aromatic nitrogens is 1. The Labute approximate surface area is 115 Å². The Bertz CT molecular complexity index is 537. The van der Waals surface area contributed by atoms with Gasteiger partial charge in [0.2, 0.25) is 0 Å². The van der Waals surface area contributed by atoms with Gasteiger partial charge < -0.3 is 14.6 Å². The predicted octanol–water partition coefficient (Wildman–Crippen LogP) is 3.18. The van der Waals surface area contributed by atoms with Crippen LogP contribution in [0, 0.1) is 0 Å². The van der Waals surface area contributed by atoms with Crippen molar-refractivity contribution < 1.29 is 4.74 Å². The van der Waals surface area contributed by atoms with Crippen LogP contribution >= 0.6 is 0 Å². The third-order valence-electron chi connectivity index (χ3n) is 3.10. The van der Waals surface area contributed by atoms with Crippen molar-refractivity contribution in [2.24, 2.45) is 0 Å². The van der Waals surface area contributed by atoms with E-state index < -0.39 is 0 Å². The summed E-state index contributed by atoms with van der Waals surface area (Å²) in [5, 5.41) is 4.53. The summed E-state index contributed by atoms with van der Waals surface area (Å²) < 4.78 is 8.19. The number of rotatable bonds is 5. The Morgan fingerprint density at radius 3 is 2.63 bits per heavy atom. The first-order chi connectivity index (χ1) is 9.01. The highest BCUT2D eigenvalue weighted by molar-refractivity contribution is 5.81. The van der Waals surface area contributed by atoms with Gasteiger partial charge in [-0.1, -0.05) is 18.2 Å². The maximum atomic E-state index is 5.84. The number of nitrogens with zero attached hydrogens (tertiary/aromatic N) is 1. The zero-order valence-electron chi connectivity index (χ0n) is 12.4. The summed E-state index contributed by atoms with van der Waals surface area (Å²) in [6.07, 6.45) is 0. The Morgan fingerprint density at radius 1 is 1.21 bits per heavy atom. The van der Waals surface area contributed by atoms with E-state index in [4.69, 9.17) is 4.74 Å². The molecule has 0 radical (unpaired) electrons. The average Bonchev–Trinajstić information content (AvgIpc) is 2.67. The highest BCUT2D eigenvalue weighted by Crippen LogP contribution is 2.20. The zero-order valence-corrected chi connectivity index (χ0v) is 12.4. The minimum atomic E-state index is -0.0773. The molecule has 0 bridgehead atoms. The summed E-state index contributed by atoms with van der Waals surface area (Å²) >= 11 is 0. The fourth-order valence-electron chi connectivity index (χ4n) is 2.30. The molecule has 0 saturated carbocycles. The largest absolute Gasteiger partial charge is 0.374 e. The van der Waals surface area contributed by atoms with Gasteiger partial charge in [-0.15, -0.1) is 0 Å². The second-order valence-corrected chi connectivity index (χ2v) is 5.84. The summed E-state index contributed by atoms with van der Waals surface area (Å²) in [7, 11) is 1.98. The summed E-state index contributed by atoms with van der Waals surface area (Å²) in [6, 6.07) is 10.8. The van der Waals surface area contributed by atoms with Crippen LogP contribution in [0.5, 0.6) is 0 Å². The van der Waals surface area contributed by atoms with E-state index in [1.807, 2.05) is 7.05 Å². The Hall–Kier alpha value is -1.32. The third-order valence-corrected chi connectivity index (χ3v) is 3.10. The third kappa shape index (κ3) is 3.58. The van der Waals surface area contributed by atoms with Gasteiger partial charge in [-0.3, -0.25) is 0 Å². The molecule has 0 aliphatic carbocycles. The summed E-state index contributed by atoms with van der Waals surface area (Å²) in [5.74, 6) is 0. The topological polar surface area (TPSA) is 26.2 Å². The molecule has 2 rings (SSSR count). The normalized spacial score (nSPS) is 12.2. The van der Waals surface area contributed by atoms with Crippen LogP contribution < -0.4 is 5.32 Å². The lowest BCUT2D eigenvalue weighted by atomic mass is 10.2. The van der Waals surface area contributed by atoms with E-state index in [0.717, 1.165) is 19.7 Å². The van der Waals surface area contributed by atoms with Gasteiger partial charge in [-0.2, -0.15) is 0 Å². The van der Waals surface area contributed by atoms with E-state index in [1.165, 1.54) is 16.6 Å². The Balaban J connectivity index is 2.21. The summed E-state index contributed by atoms with van der Waals surface area (Å²) in [4.78, 5) is 0. The van der Waals surface area contributed by atoms with Crippen LogP contribution in [0.25, 0.3) is 10.9 Å². The molecule has 3 nitrogen and oxygen atoms in total. The molecule has 1 aromatic heterocycles. The SMILES string of the molecule is CNCc1cc2ccccc2n1CCOC(C)(C)C. The first-order valence-electron chi connectivity index (χ1n) is 6.87. The lowest BCUT2D eigenvalue weighted by molar-refractivity contribution is -0.00667. The molecule has 1 N–H and O–H groups in total. The van der Waals surface area contributed by atoms with Crippen LogP contribution in [0.3, 0.4) is 0 Å². The van der Waals surface area contributed by atoms with Gasteiger partial charge in [0.1, 0.15) is 0 Å². The molecule has 1 aromatic carbocycles. The molecule has 2 aromatic rings. The lowest BCUT2D eigenvalue weighted by Gasteiger charge is -2.20. The number of nitrogens with one attached hydrogen (secondary N) is 1. The molecular weight excluding hydrogens is 236 g/mol. The molecule has 0 aliphatic rings. The van der Waals surface area contributed by atoms with Gasteiger partial charge in [0.15, 0.2) is 0 Å². The summed E-state index contributed by atoms with van der Waals surface area (Å²) in [5.41, 5.74) is 2.51. The van der Waals surface area contributed by atoms with Crippen LogP contribution in [-0.4, -0.2) is 23.8 Å². The van der Waals surface area contributed by atoms with Gasteiger partial charge >= 0.3 is 0 Å². The van der Waals surface area contributed by atoms with Crippen molar-refractivity contribution in [2.45, 2.75) is 39.5 Å². The van der Waals surface area contributed by atoms with Crippen LogP contribution in [0.15, 0.2) is 30.3 Å². The van der Waals surface area contributed by atoms with Crippen molar-refractivity contribution in [3.63, 3.8) is 0 Å². The van der Waals surface area contributed by atoms with Crippen molar-refractivity contribution in [2.75, 3.05) is 13.7 Å². The fourth-order valence-corrected chi connectivity index (χ4v) is 2.30. The number of fused-ring (bicyclic) bond motifs is 1. The van der Waals surface area contributed by atoms with E-state index in [-0.39, 0.29) is 5.60 Å². The second kappa shape index (κ2) is 5.76. The van der Waals surface area contributed by atoms with Crippen molar-refractivity contribution in [1.29, 1.82) is 0 Å². The van der Waals surface area contributed by atoms with Crippen LogP contribution in [0.2, 0.25) is 0 Å². The molecule has 3 heteroatoms. The number of hydrogen-bond acceptors (Lipinski definition) is 2. The minimum absolute atomic E-state index is 0.0773. The molecule has 1 heterocycles. The molecule has 0 aliphatic heterocycles. The Morgan fingerprint density at radius 2 is 1.95 bits per heavy atom. The first-order valence-corrected chi connectivity index (χ1v) is 6.87. The second-order valence-electron chi connectivity index (χ2n) is 5.84. The molecule has 0 unspecified atom stereocenters. The van der Waals surface area contributed by atoms with E-state index >= 15 is 0 Å². The molecule has 0 saturated heterocycles. The number of ether oxygens (including phenoxy) is 1. The highest BCUT2D eigenvalue weighted by Gasteiger charge is 2.11. The first kappa shape index (κ1) is 14.1. The van der Waals surface area contributed by atoms with E-state index in [2.05, 4.69) is 61.0 Å². The van der Waals surface area contributed by atoms with Gasteiger partial charge in [-0.05, 0) is 45.3 Å². The van der Waals surface area contributed by atoms with Crippen molar-refractivity contribution in [1.82, 2.24) is 9.88 Å². The van der Waals surface area contributed by atoms with Gasteiger partial charge in [-0.25, -0.2) is 0 Å². The van der Waals surface area contributed by atoms with Crippen LogP contribution in [0.1, 0.15) is 26.5 Å². The van der Waals surface area contributed by atoms with Crippen molar-refractivity contribution in [3.8, 4) is 0 Å². The zero-order chi connectivity index (χ0) is 13.9. The van der Waals surface area contributed by atoms with Crippen LogP contribution in [0.4, 0.5) is 0 Å². The van der Waals surface area contributed by atoms with E-state index in [0.29, 0.717) is 0 Å². The maximum Gasteiger partial charge on any atom is 0.0652 e.